The molecule has 2 saturated carbocycles. The van der Waals surface area contributed by atoms with Crippen LogP contribution in [0.4, 0.5) is 0 Å². The molecule has 1 aromatic rings. The second-order valence-electron chi connectivity index (χ2n) is 6.08. The number of hydrogen-bond donors (Lipinski definition) is 1. The fourth-order valence-corrected chi connectivity index (χ4v) is 4.12. The Labute approximate surface area is 116 Å². The largest absolute Gasteiger partial charge is 0.494 e. The Morgan fingerprint density at radius 1 is 1.32 bits per heavy atom. The highest BCUT2D eigenvalue weighted by Crippen LogP contribution is 2.62. The fourth-order valence-electron chi connectivity index (χ4n) is 4.12. The van der Waals surface area contributed by atoms with Gasteiger partial charge in [-0.25, -0.2) is 0 Å². The number of hydrogen-bond acceptors (Lipinski definition) is 2. The summed E-state index contributed by atoms with van der Waals surface area (Å²) in [5.74, 6) is 3.83. The van der Waals surface area contributed by atoms with Crippen LogP contribution in [0.5, 0.6) is 5.75 Å². The molecule has 3 rings (SSSR count). The molecule has 3 atom stereocenters. The Morgan fingerprint density at radius 2 is 2.05 bits per heavy atom. The third-order valence-corrected chi connectivity index (χ3v) is 4.97. The van der Waals surface area contributed by atoms with Crippen LogP contribution in [0.15, 0.2) is 18.2 Å². The highest BCUT2D eigenvalue weighted by molar-refractivity contribution is 5.40. The van der Waals surface area contributed by atoms with Gasteiger partial charge in [0.05, 0.1) is 6.61 Å². The zero-order valence-electron chi connectivity index (χ0n) is 12.3. The van der Waals surface area contributed by atoms with Crippen molar-refractivity contribution in [1.29, 1.82) is 0 Å². The van der Waals surface area contributed by atoms with Crippen LogP contribution in [-0.4, -0.2) is 13.7 Å². The summed E-state index contributed by atoms with van der Waals surface area (Å²) >= 11 is 0. The number of fused-ring (bicyclic) bond motifs is 1. The lowest BCUT2D eigenvalue weighted by molar-refractivity contribution is 0.326. The van der Waals surface area contributed by atoms with Crippen LogP contribution < -0.4 is 10.1 Å². The molecule has 1 aromatic carbocycles. The summed E-state index contributed by atoms with van der Waals surface area (Å²) < 4.78 is 5.83. The van der Waals surface area contributed by atoms with E-state index in [-0.39, 0.29) is 0 Å². The van der Waals surface area contributed by atoms with Crippen molar-refractivity contribution in [3.8, 4) is 5.75 Å². The molecule has 0 spiro atoms. The lowest BCUT2D eigenvalue weighted by atomic mass is 9.95. The Bertz CT molecular complexity index is 447. The molecule has 2 fully saturated rings. The van der Waals surface area contributed by atoms with Crippen LogP contribution >= 0.6 is 0 Å². The second kappa shape index (κ2) is 5.16. The van der Waals surface area contributed by atoms with Crippen molar-refractivity contribution in [2.75, 3.05) is 13.7 Å². The Kier molecular flexibility index (Phi) is 3.53. The molecule has 0 amide bonds. The molecule has 3 unspecified atom stereocenters. The average Bonchev–Trinajstić information content (AvgIpc) is 2.86. The van der Waals surface area contributed by atoms with Crippen molar-refractivity contribution in [2.24, 2.45) is 17.8 Å². The molecule has 19 heavy (non-hydrogen) atoms. The Balaban J connectivity index is 1.88. The molecule has 2 aliphatic carbocycles. The molecular weight excluding hydrogens is 234 g/mol. The van der Waals surface area contributed by atoms with E-state index in [1.807, 2.05) is 0 Å². The summed E-state index contributed by atoms with van der Waals surface area (Å²) in [6.07, 6.45) is 4.31. The molecule has 0 aromatic heterocycles. The van der Waals surface area contributed by atoms with E-state index in [9.17, 15) is 0 Å². The molecule has 0 heterocycles. The number of rotatable bonds is 5. The van der Waals surface area contributed by atoms with Gasteiger partial charge in [-0.1, -0.05) is 24.1 Å². The van der Waals surface area contributed by atoms with Crippen molar-refractivity contribution >= 4 is 0 Å². The molecule has 2 aliphatic rings. The predicted octanol–water partition coefficient (Wildman–Crippen LogP) is 3.70. The average molecular weight is 259 g/mol. The van der Waals surface area contributed by atoms with Gasteiger partial charge in [0.2, 0.25) is 0 Å². The van der Waals surface area contributed by atoms with Crippen molar-refractivity contribution in [3.05, 3.63) is 29.3 Å². The van der Waals surface area contributed by atoms with Crippen molar-refractivity contribution in [1.82, 2.24) is 5.32 Å². The molecule has 2 nitrogen and oxygen atoms in total. The molecule has 104 valence electrons. The van der Waals surface area contributed by atoms with E-state index in [0.29, 0.717) is 6.04 Å². The first-order valence-corrected chi connectivity index (χ1v) is 7.67. The zero-order valence-corrected chi connectivity index (χ0v) is 12.3. The van der Waals surface area contributed by atoms with Crippen LogP contribution in [0.1, 0.15) is 43.4 Å². The van der Waals surface area contributed by atoms with Gasteiger partial charge in [-0.05, 0) is 57.6 Å². The maximum absolute atomic E-state index is 5.83. The molecule has 0 bridgehead atoms. The number of benzene rings is 1. The van der Waals surface area contributed by atoms with Gasteiger partial charge in [0.25, 0.3) is 0 Å². The van der Waals surface area contributed by atoms with E-state index in [1.165, 1.54) is 30.4 Å². The van der Waals surface area contributed by atoms with Crippen molar-refractivity contribution in [3.63, 3.8) is 0 Å². The number of aryl methyl sites for hydroxylation is 1. The Morgan fingerprint density at radius 3 is 2.68 bits per heavy atom. The Hall–Kier alpha value is -1.02. The first-order chi connectivity index (χ1) is 9.26. The van der Waals surface area contributed by atoms with Crippen molar-refractivity contribution < 1.29 is 4.74 Å². The highest BCUT2D eigenvalue weighted by atomic mass is 16.5. The molecule has 0 aliphatic heterocycles. The monoisotopic (exact) mass is 259 g/mol. The van der Waals surface area contributed by atoms with Gasteiger partial charge < -0.3 is 10.1 Å². The van der Waals surface area contributed by atoms with Crippen LogP contribution in [0.3, 0.4) is 0 Å². The highest BCUT2D eigenvalue weighted by Gasteiger charge is 2.56. The first-order valence-electron chi connectivity index (χ1n) is 7.67. The molecule has 0 radical (unpaired) electrons. The van der Waals surface area contributed by atoms with Crippen molar-refractivity contribution in [2.45, 2.75) is 39.2 Å². The van der Waals surface area contributed by atoms with Gasteiger partial charge in [0.15, 0.2) is 0 Å². The van der Waals surface area contributed by atoms with Crippen LogP contribution in [0.2, 0.25) is 0 Å². The van der Waals surface area contributed by atoms with Gasteiger partial charge in [0.1, 0.15) is 5.75 Å². The third kappa shape index (κ3) is 2.27. The van der Waals surface area contributed by atoms with Gasteiger partial charge in [0, 0.05) is 11.6 Å². The molecule has 0 saturated heterocycles. The quantitative estimate of drug-likeness (QED) is 0.870. The van der Waals surface area contributed by atoms with Crippen LogP contribution in [0.25, 0.3) is 0 Å². The summed E-state index contributed by atoms with van der Waals surface area (Å²) in [4.78, 5) is 0. The van der Waals surface area contributed by atoms with Gasteiger partial charge in [-0.15, -0.1) is 0 Å². The van der Waals surface area contributed by atoms with E-state index in [1.54, 1.807) is 0 Å². The number of nitrogens with one attached hydrogen (secondary N) is 1. The van der Waals surface area contributed by atoms with E-state index < -0.39 is 0 Å². The summed E-state index contributed by atoms with van der Waals surface area (Å²) in [5.41, 5.74) is 2.69. The molecular formula is C17H25NO. The van der Waals surface area contributed by atoms with Gasteiger partial charge in [-0.2, -0.15) is 0 Å². The zero-order chi connectivity index (χ0) is 13.4. The van der Waals surface area contributed by atoms with Gasteiger partial charge >= 0.3 is 0 Å². The summed E-state index contributed by atoms with van der Waals surface area (Å²) in [5, 5.41) is 3.55. The van der Waals surface area contributed by atoms with E-state index in [2.05, 4.69) is 44.4 Å². The maximum Gasteiger partial charge on any atom is 0.124 e. The third-order valence-electron chi connectivity index (χ3n) is 4.97. The normalized spacial score (nSPS) is 29.9. The minimum Gasteiger partial charge on any atom is -0.494 e. The summed E-state index contributed by atoms with van der Waals surface area (Å²) in [6.45, 7) is 4.97. The minimum atomic E-state index is 0.469. The van der Waals surface area contributed by atoms with E-state index in [0.717, 1.165) is 30.1 Å². The first kappa shape index (κ1) is 13.0. The standard InChI is InChI=1S/C17H25NO/c1-4-19-15-9-8-11(2)10-14(15)17(18-3)16-12-6-5-7-13(12)16/h8-10,12-13,16-18H,4-7H2,1-3H3. The lowest BCUT2D eigenvalue weighted by Gasteiger charge is -2.22. The fraction of sp³-hybridized carbons (Fsp3) is 0.647. The van der Waals surface area contributed by atoms with E-state index >= 15 is 0 Å². The van der Waals surface area contributed by atoms with Gasteiger partial charge in [-0.3, -0.25) is 0 Å². The predicted molar refractivity (Wildman–Crippen MR) is 78.5 cm³/mol. The minimum absolute atomic E-state index is 0.469. The van der Waals surface area contributed by atoms with Crippen LogP contribution in [-0.2, 0) is 0 Å². The lowest BCUT2D eigenvalue weighted by Crippen LogP contribution is -2.21. The number of ether oxygens (including phenoxy) is 1. The summed E-state index contributed by atoms with van der Waals surface area (Å²) in [6, 6.07) is 7.06. The van der Waals surface area contributed by atoms with E-state index in [4.69, 9.17) is 4.74 Å². The van der Waals surface area contributed by atoms with Crippen LogP contribution in [0, 0.1) is 24.7 Å². The topological polar surface area (TPSA) is 21.3 Å². The SMILES string of the molecule is CCOc1ccc(C)cc1C(NC)C1C2CCCC21. The molecule has 2 heteroatoms. The second-order valence-corrected chi connectivity index (χ2v) is 6.08. The maximum atomic E-state index is 5.83. The molecule has 1 N–H and O–H groups in total. The summed E-state index contributed by atoms with van der Waals surface area (Å²) in [7, 11) is 2.09. The smallest absolute Gasteiger partial charge is 0.124 e.